The van der Waals surface area contributed by atoms with Crippen LogP contribution in [0.2, 0.25) is 0 Å². The van der Waals surface area contributed by atoms with Gasteiger partial charge in [-0.25, -0.2) is 4.99 Å². The van der Waals surface area contributed by atoms with Gasteiger partial charge in [0.25, 0.3) is 5.91 Å². The van der Waals surface area contributed by atoms with Crippen LogP contribution in [0.15, 0.2) is 53.1 Å². The minimum absolute atomic E-state index is 0.149. The topological polar surface area (TPSA) is 89.2 Å². The summed E-state index contributed by atoms with van der Waals surface area (Å²) in [7, 11) is 3.34. The maximum atomic E-state index is 12.6. The molecule has 1 amide bonds. The molecular weight excluding hydrogens is 340 g/mol. The first-order valence-electron chi connectivity index (χ1n) is 7.66. The summed E-state index contributed by atoms with van der Waals surface area (Å²) in [6, 6.07) is 7.13. The normalized spacial score (nSPS) is 14.5. The highest BCUT2D eigenvalue weighted by molar-refractivity contribution is 7.80. The molecule has 25 heavy (non-hydrogen) atoms. The second-order valence-electron chi connectivity index (χ2n) is 5.29. The number of nitrogens with two attached hydrogens (primary N) is 1. The SMILES string of the molecule is COc1ccccc1NC(=O)C1=C(N)N(C)CC(CO/C=C\CS)=N1. The summed E-state index contributed by atoms with van der Waals surface area (Å²) < 4.78 is 10.6. The van der Waals surface area contributed by atoms with E-state index < -0.39 is 5.91 Å². The molecule has 0 unspecified atom stereocenters. The molecule has 1 aromatic rings. The predicted octanol–water partition coefficient (Wildman–Crippen LogP) is 1.61. The zero-order valence-corrected chi connectivity index (χ0v) is 15.1. The second-order valence-corrected chi connectivity index (χ2v) is 5.65. The molecule has 0 fully saturated rings. The quantitative estimate of drug-likeness (QED) is 0.506. The van der Waals surface area contributed by atoms with Gasteiger partial charge in [0, 0.05) is 12.8 Å². The third-order valence-electron chi connectivity index (χ3n) is 3.46. The molecule has 0 aliphatic carbocycles. The van der Waals surface area contributed by atoms with Crippen molar-refractivity contribution >= 4 is 29.9 Å². The lowest BCUT2D eigenvalue weighted by Crippen LogP contribution is -2.38. The average molecular weight is 362 g/mol. The van der Waals surface area contributed by atoms with Crippen LogP contribution in [0.3, 0.4) is 0 Å². The maximum Gasteiger partial charge on any atom is 0.278 e. The fourth-order valence-electron chi connectivity index (χ4n) is 2.22. The fraction of sp³-hybridized carbons (Fsp3) is 0.294. The first-order valence-corrected chi connectivity index (χ1v) is 8.29. The summed E-state index contributed by atoms with van der Waals surface area (Å²) in [4.78, 5) is 18.7. The Kier molecular flexibility index (Phi) is 6.76. The monoisotopic (exact) mass is 362 g/mol. The van der Waals surface area contributed by atoms with Gasteiger partial charge in [-0.05, 0) is 18.2 Å². The van der Waals surface area contributed by atoms with Crippen LogP contribution < -0.4 is 15.8 Å². The van der Waals surface area contributed by atoms with Gasteiger partial charge in [-0.1, -0.05) is 12.1 Å². The van der Waals surface area contributed by atoms with Gasteiger partial charge in [0.15, 0.2) is 5.70 Å². The Morgan fingerprint density at radius 2 is 2.24 bits per heavy atom. The van der Waals surface area contributed by atoms with Crippen LogP contribution in [-0.2, 0) is 9.53 Å². The number of nitrogens with zero attached hydrogens (tertiary/aromatic N) is 2. The molecule has 0 radical (unpaired) electrons. The summed E-state index contributed by atoms with van der Waals surface area (Å²) in [6.45, 7) is 0.763. The van der Waals surface area contributed by atoms with Gasteiger partial charge in [0.2, 0.25) is 0 Å². The Balaban J connectivity index is 2.16. The predicted molar refractivity (Wildman–Crippen MR) is 102 cm³/mol. The van der Waals surface area contributed by atoms with Crippen LogP contribution in [0.5, 0.6) is 5.75 Å². The fourth-order valence-corrected chi connectivity index (χ4v) is 2.31. The number of carbonyl (C=O) groups is 1. The van der Waals surface area contributed by atoms with Crippen molar-refractivity contribution in [3.05, 3.63) is 48.1 Å². The first kappa shape index (κ1) is 18.7. The molecule has 0 aromatic heterocycles. The van der Waals surface area contributed by atoms with Crippen LogP contribution in [0, 0.1) is 0 Å². The molecule has 1 heterocycles. The number of carbonyl (C=O) groups excluding carboxylic acids is 1. The van der Waals surface area contributed by atoms with Gasteiger partial charge < -0.3 is 25.4 Å². The van der Waals surface area contributed by atoms with E-state index in [2.05, 4.69) is 22.9 Å². The zero-order valence-electron chi connectivity index (χ0n) is 14.2. The molecule has 0 spiro atoms. The smallest absolute Gasteiger partial charge is 0.278 e. The average Bonchev–Trinajstić information content (AvgIpc) is 2.61. The molecule has 7 nitrogen and oxygen atoms in total. The van der Waals surface area contributed by atoms with Crippen LogP contribution in [0.25, 0.3) is 0 Å². The Bertz CT molecular complexity index is 716. The van der Waals surface area contributed by atoms with E-state index in [0.29, 0.717) is 35.3 Å². The number of nitrogens with one attached hydrogen (secondary N) is 1. The number of thiol groups is 1. The Morgan fingerprint density at radius 1 is 1.48 bits per heavy atom. The van der Waals surface area contributed by atoms with Gasteiger partial charge >= 0.3 is 0 Å². The van der Waals surface area contributed by atoms with Crippen molar-refractivity contribution in [2.75, 3.05) is 38.4 Å². The van der Waals surface area contributed by atoms with E-state index in [0.717, 1.165) is 0 Å². The van der Waals surface area contributed by atoms with E-state index in [4.69, 9.17) is 15.2 Å². The molecule has 8 heteroatoms. The van der Waals surface area contributed by atoms with Gasteiger partial charge in [0.1, 0.15) is 18.2 Å². The Hall–Kier alpha value is -2.61. The van der Waals surface area contributed by atoms with Gasteiger partial charge in [-0.2, -0.15) is 12.6 Å². The second kappa shape index (κ2) is 9.03. The lowest BCUT2D eigenvalue weighted by molar-refractivity contribution is -0.113. The number of amides is 1. The van der Waals surface area contributed by atoms with E-state index in [-0.39, 0.29) is 12.3 Å². The minimum atomic E-state index is -0.406. The van der Waals surface area contributed by atoms with Crippen LogP contribution in [0.1, 0.15) is 0 Å². The molecule has 1 aliphatic heterocycles. The molecular formula is C17H22N4O3S. The van der Waals surface area contributed by atoms with Gasteiger partial charge in [0.05, 0.1) is 31.3 Å². The lowest BCUT2D eigenvalue weighted by Gasteiger charge is -2.26. The molecule has 0 saturated heterocycles. The van der Waals surface area contributed by atoms with Crippen molar-refractivity contribution in [1.29, 1.82) is 0 Å². The molecule has 2 rings (SSSR count). The third kappa shape index (κ3) is 4.93. The third-order valence-corrected chi connectivity index (χ3v) is 3.67. The van der Waals surface area contributed by atoms with Crippen LogP contribution >= 0.6 is 12.6 Å². The van der Waals surface area contributed by atoms with Gasteiger partial charge in [-0.3, -0.25) is 4.79 Å². The summed E-state index contributed by atoms with van der Waals surface area (Å²) >= 11 is 4.06. The van der Waals surface area contributed by atoms with E-state index in [1.807, 2.05) is 6.07 Å². The summed E-state index contributed by atoms with van der Waals surface area (Å²) in [5.74, 6) is 1.05. The number of ether oxygens (including phenoxy) is 2. The molecule has 134 valence electrons. The summed E-state index contributed by atoms with van der Waals surface area (Å²) in [5, 5.41) is 2.78. The van der Waals surface area contributed by atoms with Crippen molar-refractivity contribution in [3.63, 3.8) is 0 Å². The standard InChI is InChI=1S/C17H22N4O3S/c1-21-10-12(11-24-8-5-9-25)19-15(16(21)18)17(22)20-13-6-3-4-7-14(13)23-2/h3-8,25H,9-11,18H2,1-2H3,(H,20,22)/b8-5-. The van der Waals surface area contributed by atoms with Crippen molar-refractivity contribution < 1.29 is 14.3 Å². The van der Waals surface area contributed by atoms with E-state index in [1.54, 1.807) is 49.6 Å². The molecule has 0 atom stereocenters. The largest absolute Gasteiger partial charge is 0.495 e. The number of hydrogen-bond acceptors (Lipinski definition) is 7. The number of hydrogen-bond donors (Lipinski definition) is 3. The van der Waals surface area contributed by atoms with E-state index in [9.17, 15) is 4.79 Å². The number of rotatable bonds is 7. The lowest BCUT2D eigenvalue weighted by atomic mass is 10.2. The van der Waals surface area contributed by atoms with Crippen LogP contribution in [0.4, 0.5) is 5.69 Å². The van der Waals surface area contributed by atoms with Gasteiger partial charge in [-0.15, -0.1) is 0 Å². The summed E-state index contributed by atoms with van der Waals surface area (Å²) in [6.07, 6.45) is 3.33. The highest BCUT2D eigenvalue weighted by Crippen LogP contribution is 2.24. The highest BCUT2D eigenvalue weighted by atomic mass is 32.1. The van der Waals surface area contributed by atoms with E-state index >= 15 is 0 Å². The molecule has 0 saturated carbocycles. The summed E-state index contributed by atoms with van der Waals surface area (Å²) in [5.41, 5.74) is 7.43. The van der Waals surface area contributed by atoms with Crippen molar-refractivity contribution in [2.24, 2.45) is 10.7 Å². The van der Waals surface area contributed by atoms with Crippen LogP contribution in [-0.4, -0.2) is 49.6 Å². The molecule has 1 aliphatic rings. The van der Waals surface area contributed by atoms with Crippen molar-refractivity contribution in [2.45, 2.75) is 0 Å². The Labute approximate surface area is 152 Å². The van der Waals surface area contributed by atoms with Crippen molar-refractivity contribution in [3.8, 4) is 5.75 Å². The maximum absolute atomic E-state index is 12.6. The van der Waals surface area contributed by atoms with E-state index in [1.165, 1.54) is 0 Å². The van der Waals surface area contributed by atoms with Crippen molar-refractivity contribution in [1.82, 2.24) is 4.90 Å². The first-order chi connectivity index (χ1) is 12.1. The zero-order chi connectivity index (χ0) is 18.2. The number of anilines is 1. The Morgan fingerprint density at radius 3 is 2.96 bits per heavy atom. The highest BCUT2D eigenvalue weighted by Gasteiger charge is 2.23. The molecule has 1 aromatic carbocycles. The number of benzene rings is 1. The molecule has 0 bridgehead atoms. The number of methoxy groups -OCH3 is 1. The number of para-hydroxylation sites is 2. The number of aliphatic imine (C=N–C) groups is 1. The molecule has 3 N–H and O–H groups in total. The minimum Gasteiger partial charge on any atom is -0.495 e.